The first-order valence-electron chi connectivity index (χ1n) is 9.79. The second kappa shape index (κ2) is 10.00. The van der Waals surface area contributed by atoms with Gasteiger partial charge in [0.1, 0.15) is 17.4 Å². The van der Waals surface area contributed by atoms with Crippen LogP contribution in [0.2, 0.25) is 0 Å². The number of benzene rings is 1. The maximum atomic E-state index is 12.7. The molecule has 0 bridgehead atoms. The van der Waals surface area contributed by atoms with Gasteiger partial charge in [0.15, 0.2) is 0 Å². The Kier molecular flexibility index (Phi) is 7.68. The molecular weight excluding hydrogens is 392 g/mol. The highest BCUT2D eigenvalue weighted by Crippen LogP contribution is 2.30. The lowest BCUT2D eigenvalue weighted by molar-refractivity contribution is -0.144. The molecule has 9 heteroatoms. The van der Waals surface area contributed by atoms with E-state index in [4.69, 9.17) is 10.5 Å². The number of amides is 1. The van der Waals surface area contributed by atoms with Crippen molar-refractivity contribution in [3.8, 4) is 5.75 Å². The van der Waals surface area contributed by atoms with Crippen LogP contribution in [0.3, 0.4) is 0 Å². The predicted molar refractivity (Wildman–Crippen MR) is 107 cm³/mol. The normalized spacial score (nSPS) is 21.4. The molecule has 0 aromatic heterocycles. The van der Waals surface area contributed by atoms with Gasteiger partial charge in [-0.25, -0.2) is 4.79 Å². The number of nitrogens with two attached hydrogens (primary N) is 1. The minimum absolute atomic E-state index is 0.0365. The fraction of sp³-hybridized carbons (Fsp3) is 0.476. The number of phenolic OH excluding ortho intramolecular Hbond substituents is 1. The topological polar surface area (TPSA) is 153 Å². The summed E-state index contributed by atoms with van der Waals surface area (Å²) in [6, 6.07) is 2.84. The third kappa shape index (κ3) is 5.88. The molecule has 1 heterocycles. The number of rotatable bonds is 3. The van der Waals surface area contributed by atoms with E-state index in [2.05, 4.69) is 5.32 Å². The maximum Gasteiger partial charge on any atom is 0.342 e. The molecule has 0 saturated heterocycles. The maximum absolute atomic E-state index is 12.7. The standard InChI is InChI=1S/C21H26N2O7/c1-11-6-7-16(25)20(28)15(24)5-3-4-13-8-14(23-10-18(22)27)9-17(26)19(13)21(29)30-12(11)2/h8-9,11-12,23,26H,3-7,10H2,1-2H3,(H2,22,27)/t11-,12+/m1/s1. The lowest BCUT2D eigenvalue weighted by Crippen LogP contribution is -2.27. The van der Waals surface area contributed by atoms with Crippen molar-refractivity contribution in [2.45, 2.75) is 52.1 Å². The smallest absolute Gasteiger partial charge is 0.342 e. The highest BCUT2D eigenvalue weighted by Gasteiger charge is 2.27. The summed E-state index contributed by atoms with van der Waals surface area (Å²) >= 11 is 0. The number of carbonyl (C=O) groups is 5. The molecule has 162 valence electrons. The molecule has 2 atom stereocenters. The Morgan fingerprint density at radius 1 is 1.13 bits per heavy atom. The number of hydrogen-bond acceptors (Lipinski definition) is 8. The van der Waals surface area contributed by atoms with Crippen LogP contribution in [0.25, 0.3) is 0 Å². The lowest BCUT2D eigenvalue weighted by atomic mass is 9.94. The summed E-state index contributed by atoms with van der Waals surface area (Å²) in [5.74, 6) is -4.43. The number of esters is 1. The van der Waals surface area contributed by atoms with Gasteiger partial charge in [-0.3, -0.25) is 19.2 Å². The summed E-state index contributed by atoms with van der Waals surface area (Å²) in [4.78, 5) is 59.7. The van der Waals surface area contributed by atoms with Gasteiger partial charge in [0, 0.05) is 24.6 Å². The molecule has 0 aliphatic carbocycles. The molecule has 0 saturated carbocycles. The van der Waals surface area contributed by atoms with Gasteiger partial charge < -0.3 is 20.9 Å². The van der Waals surface area contributed by atoms with Crippen molar-refractivity contribution in [3.05, 3.63) is 23.3 Å². The lowest BCUT2D eigenvalue weighted by Gasteiger charge is -2.22. The molecule has 1 amide bonds. The Morgan fingerprint density at radius 2 is 1.80 bits per heavy atom. The SMILES string of the molecule is C[C@@H]1CCC(=O)C(=O)C(=O)CCCc2cc(NCC(N)=O)cc(O)c2C(=O)O[C@H]1C. The highest BCUT2D eigenvalue weighted by molar-refractivity contribution is 6.63. The van der Waals surface area contributed by atoms with Gasteiger partial charge in [-0.05, 0) is 43.7 Å². The first kappa shape index (κ1) is 23.1. The molecular formula is C21H26N2O7. The van der Waals surface area contributed by atoms with Crippen molar-refractivity contribution in [1.29, 1.82) is 0 Å². The Balaban J connectivity index is 2.39. The van der Waals surface area contributed by atoms with Crippen LogP contribution < -0.4 is 11.1 Å². The number of Topliss-reactive ketones (excluding diaryl/α,β-unsaturated/α-hetero) is 3. The number of aryl methyl sites for hydroxylation is 1. The zero-order valence-electron chi connectivity index (χ0n) is 17.0. The largest absolute Gasteiger partial charge is 0.507 e. The number of hydrogen-bond donors (Lipinski definition) is 3. The number of primary amides is 1. The third-order valence-electron chi connectivity index (χ3n) is 5.15. The van der Waals surface area contributed by atoms with Crippen LogP contribution in [-0.4, -0.2) is 47.0 Å². The highest BCUT2D eigenvalue weighted by atomic mass is 16.5. The number of cyclic esters (lactones) is 1. The predicted octanol–water partition coefficient (Wildman–Crippen LogP) is 1.29. The molecule has 1 aromatic carbocycles. The second-order valence-electron chi connectivity index (χ2n) is 7.50. The van der Waals surface area contributed by atoms with E-state index in [1.54, 1.807) is 19.9 Å². The van der Waals surface area contributed by atoms with Gasteiger partial charge in [-0.15, -0.1) is 0 Å². The number of aromatic hydroxyl groups is 1. The van der Waals surface area contributed by atoms with E-state index in [9.17, 15) is 29.1 Å². The molecule has 30 heavy (non-hydrogen) atoms. The monoisotopic (exact) mass is 418 g/mol. The number of ether oxygens (including phenoxy) is 1. The zero-order valence-corrected chi connectivity index (χ0v) is 17.0. The van der Waals surface area contributed by atoms with E-state index in [1.165, 1.54) is 6.07 Å². The molecule has 1 aliphatic rings. The molecule has 9 nitrogen and oxygen atoms in total. The average Bonchev–Trinajstić information content (AvgIpc) is 2.68. The van der Waals surface area contributed by atoms with E-state index in [-0.39, 0.29) is 55.9 Å². The van der Waals surface area contributed by atoms with Crippen LogP contribution >= 0.6 is 0 Å². The molecule has 0 fully saturated rings. The van der Waals surface area contributed by atoms with Crippen LogP contribution in [0.4, 0.5) is 5.69 Å². The number of fused-ring (bicyclic) bond motifs is 1. The van der Waals surface area contributed by atoms with E-state index in [0.29, 0.717) is 11.3 Å². The van der Waals surface area contributed by atoms with Crippen molar-refractivity contribution < 1.29 is 33.8 Å². The first-order chi connectivity index (χ1) is 14.1. The quantitative estimate of drug-likeness (QED) is 0.490. The van der Waals surface area contributed by atoms with Crippen molar-refractivity contribution >= 4 is 34.9 Å². The first-order valence-corrected chi connectivity index (χ1v) is 9.79. The van der Waals surface area contributed by atoms with Crippen LogP contribution in [-0.2, 0) is 30.3 Å². The molecule has 0 spiro atoms. The molecule has 2 rings (SSSR count). The fourth-order valence-corrected chi connectivity index (χ4v) is 3.17. The molecule has 4 N–H and O–H groups in total. The Labute approximate surface area is 174 Å². The van der Waals surface area contributed by atoms with Crippen molar-refractivity contribution in [2.75, 3.05) is 11.9 Å². The summed E-state index contributed by atoms with van der Waals surface area (Å²) < 4.78 is 5.48. The van der Waals surface area contributed by atoms with E-state index in [1.807, 2.05) is 0 Å². The van der Waals surface area contributed by atoms with Gasteiger partial charge in [0.05, 0.1) is 6.54 Å². The molecule has 0 radical (unpaired) electrons. The van der Waals surface area contributed by atoms with Gasteiger partial charge in [0.25, 0.3) is 5.78 Å². The summed E-state index contributed by atoms with van der Waals surface area (Å²) in [5.41, 5.74) is 5.82. The second-order valence-corrected chi connectivity index (χ2v) is 7.50. The van der Waals surface area contributed by atoms with E-state index in [0.717, 1.165) is 0 Å². The van der Waals surface area contributed by atoms with Crippen molar-refractivity contribution in [2.24, 2.45) is 11.7 Å². The van der Waals surface area contributed by atoms with Gasteiger partial charge >= 0.3 is 5.97 Å². The molecule has 1 aliphatic heterocycles. The van der Waals surface area contributed by atoms with E-state index < -0.39 is 35.3 Å². The van der Waals surface area contributed by atoms with Crippen molar-refractivity contribution in [3.63, 3.8) is 0 Å². The van der Waals surface area contributed by atoms with Crippen LogP contribution in [0.15, 0.2) is 12.1 Å². The van der Waals surface area contributed by atoms with Gasteiger partial charge in [0.2, 0.25) is 17.5 Å². The number of nitrogens with one attached hydrogen (secondary N) is 1. The van der Waals surface area contributed by atoms with Crippen LogP contribution in [0.1, 0.15) is 55.5 Å². The zero-order chi connectivity index (χ0) is 22.4. The number of ketones is 3. The fourth-order valence-electron chi connectivity index (χ4n) is 3.17. The summed E-state index contributed by atoms with van der Waals surface area (Å²) in [6.45, 7) is 3.25. The average molecular weight is 418 g/mol. The van der Waals surface area contributed by atoms with Crippen molar-refractivity contribution in [1.82, 2.24) is 0 Å². The Bertz CT molecular complexity index is 878. The third-order valence-corrected chi connectivity index (χ3v) is 5.15. The summed E-state index contributed by atoms with van der Waals surface area (Å²) in [5, 5.41) is 13.2. The van der Waals surface area contributed by atoms with Crippen LogP contribution in [0, 0.1) is 5.92 Å². The van der Waals surface area contributed by atoms with Crippen LogP contribution in [0.5, 0.6) is 5.75 Å². The molecule has 0 unspecified atom stereocenters. The summed E-state index contributed by atoms with van der Waals surface area (Å²) in [6.07, 6.45) is -0.209. The summed E-state index contributed by atoms with van der Waals surface area (Å²) in [7, 11) is 0. The number of carbonyl (C=O) groups excluding carboxylic acids is 5. The van der Waals surface area contributed by atoms with Gasteiger partial charge in [-0.1, -0.05) is 6.92 Å². The Morgan fingerprint density at radius 3 is 2.47 bits per heavy atom. The number of anilines is 1. The Hall–Kier alpha value is -3.23. The van der Waals surface area contributed by atoms with E-state index >= 15 is 0 Å². The van der Waals surface area contributed by atoms with Gasteiger partial charge in [-0.2, -0.15) is 0 Å². The minimum atomic E-state index is -1.01. The minimum Gasteiger partial charge on any atom is -0.507 e. The molecule has 1 aromatic rings. The number of phenols is 1.